The second kappa shape index (κ2) is 6.63. The molecule has 0 aromatic heterocycles. The van der Waals surface area contributed by atoms with Crippen LogP contribution in [0.5, 0.6) is 0 Å². The summed E-state index contributed by atoms with van der Waals surface area (Å²) in [6, 6.07) is 8.97. The highest BCUT2D eigenvalue weighted by Gasteiger charge is 2.34. The average Bonchev–Trinajstić information content (AvgIpc) is 2.49. The second-order valence-corrected chi connectivity index (χ2v) is 7.09. The predicted octanol–water partition coefficient (Wildman–Crippen LogP) is 4.64. The fourth-order valence-corrected chi connectivity index (χ4v) is 3.09. The van der Waals surface area contributed by atoms with Gasteiger partial charge in [-0.3, -0.25) is 9.69 Å². The van der Waals surface area contributed by atoms with E-state index in [-0.39, 0.29) is 0 Å². The van der Waals surface area contributed by atoms with Crippen LogP contribution in [0.2, 0.25) is 0 Å². The molecule has 2 aromatic carbocycles. The van der Waals surface area contributed by atoms with E-state index < -0.39 is 17.7 Å². The Bertz CT molecular complexity index is 774. The highest BCUT2D eigenvalue weighted by molar-refractivity contribution is 5.88. The first-order valence-corrected chi connectivity index (χ1v) is 8.12. The lowest BCUT2D eigenvalue weighted by molar-refractivity contribution is 0.0869. The largest absolute Gasteiger partial charge is 0.465 e. The first-order chi connectivity index (χ1) is 11.2. The van der Waals surface area contributed by atoms with E-state index in [4.69, 9.17) is 0 Å². The number of nitrogens with zero attached hydrogens (tertiary/aromatic N) is 1. The lowest BCUT2D eigenvalue weighted by Crippen LogP contribution is -2.47. The molecule has 0 bridgehead atoms. The Morgan fingerprint density at radius 3 is 2.42 bits per heavy atom. The molecule has 4 nitrogen and oxygen atoms in total. The summed E-state index contributed by atoms with van der Waals surface area (Å²) in [6.07, 6.45) is 1.70. The van der Waals surface area contributed by atoms with Gasteiger partial charge in [-0.15, -0.1) is 0 Å². The number of benzene rings is 2. The third-order valence-electron chi connectivity index (χ3n) is 4.27. The summed E-state index contributed by atoms with van der Waals surface area (Å²) in [4.78, 5) is 24.4. The van der Waals surface area contributed by atoms with Gasteiger partial charge in [-0.05, 0) is 67.6 Å². The fraction of sp³-hybridized carbons (Fsp3) is 0.400. The number of carbonyl (C=O) groups is 1. The van der Waals surface area contributed by atoms with Gasteiger partial charge in [0.15, 0.2) is 0 Å². The Balaban J connectivity index is 2.60. The molecule has 0 aliphatic rings. The number of hydrogen-bond donors (Lipinski definition) is 1. The molecule has 127 valence electrons. The minimum absolute atomic E-state index is 0.641. The van der Waals surface area contributed by atoms with Gasteiger partial charge in [0.05, 0.1) is 0 Å². The molecule has 4 heteroatoms. The number of amides is 1. The Kier molecular flexibility index (Phi) is 4.97. The van der Waals surface area contributed by atoms with Gasteiger partial charge in [0.2, 0.25) is 6.29 Å². The molecule has 24 heavy (non-hydrogen) atoms. The van der Waals surface area contributed by atoms with Crippen molar-refractivity contribution in [1.29, 1.82) is 0 Å². The molecule has 0 saturated heterocycles. The van der Waals surface area contributed by atoms with E-state index in [1.165, 1.54) is 11.1 Å². The van der Waals surface area contributed by atoms with Gasteiger partial charge < -0.3 is 5.11 Å². The number of hydrogen-bond acceptors (Lipinski definition) is 2. The van der Waals surface area contributed by atoms with E-state index in [9.17, 15) is 14.7 Å². The molecule has 1 atom stereocenters. The third kappa shape index (κ3) is 3.42. The molecule has 2 rings (SSSR count). The van der Waals surface area contributed by atoms with Crippen molar-refractivity contribution < 1.29 is 14.7 Å². The van der Waals surface area contributed by atoms with Crippen LogP contribution in [0.25, 0.3) is 10.8 Å². The van der Waals surface area contributed by atoms with Crippen molar-refractivity contribution in [1.82, 2.24) is 4.90 Å². The minimum Gasteiger partial charge on any atom is -0.465 e. The first kappa shape index (κ1) is 18.0. The molecule has 0 fully saturated rings. The van der Waals surface area contributed by atoms with Crippen LogP contribution in [0.15, 0.2) is 30.3 Å². The molecular formula is C20H24NO3. The molecule has 2 aromatic rings. The van der Waals surface area contributed by atoms with Crippen LogP contribution in [0, 0.1) is 6.92 Å². The standard InChI is InChI=1S/C20H24NO3/c1-6-14-9-13(2)17-8-7-15(11-16(17)10-14)18(12-22)21(19(23)24)20(3,4)5/h7-11,18H,6H2,1-5H3,(H,23,24). The number of fused-ring (bicyclic) bond motifs is 1. The number of rotatable bonds is 4. The maximum Gasteiger partial charge on any atom is 0.408 e. The lowest BCUT2D eigenvalue weighted by Gasteiger charge is -2.37. The van der Waals surface area contributed by atoms with E-state index in [0.717, 1.165) is 22.1 Å². The van der Waals surface area contributed by atoms with Crippen LogP contribution >= 0.6 is 0 Å². The molecule has 0 heterocycles. The van der Waals surface area contributed by atoms with Crippen molar-refractivity contribution in [3.05, 3.63) is 47.0 Å². The smallest absolute Gasteiger partial charge is 0.408 e. The number of carbonyl (C=O) groups excluding carboxylic acids is 1. The zero-order valence-corrected chi connectivity index (χ0v) is 14.9. The maximum absolute atomic E-state index is 11.7. The third-order valence-corrected chi connectivity index (χ3v) is 4.27. The van der Waals surface area contributed by atoms with Gasteiger partial charge in [-0.2, -0.15) is 0 Å². The molecule has 0 aliphatic heterocycles. The Morgan fingerprint density at radius 1 is 1.25 bits per heavy atom. The predicted molar refractivity (Wildman–Crippen MR) is 96.1 cm³/mol. The van der Waals surface area contributed by atoms with Crippen LogP contribution in [-0.2, 0) is 11.2 Å². The summed E-state index contributed by atoms with van der Waals surface area (Å²) in [7, 11) is 0. The fourth-order valence-electron chi connectivity index (χ4n) is 3.09. The highest BCUT2D eigenvalue weighted by atomic mass is 16.4. The molecular weight excluding hydrogens is 302 g/mol. The van der Waals surface area contributed by atoms with E-state index in [2.05, 4.69) is 26.0 Å². The van der Waals surface area contributed by atoms with Gasteiger partial charge in [0.25, 0.3) is 0 Å². The monoisotopic (exact) mass is 326 g/mol. The Morgan fingerprint density at radius 2 is 1.92 bits per heavy atom. The SMILES string of the molecule is CCc1cc(C)c2ccc(C([C]=O)N(C(=O)O)C(C)(C)C)cc2c1. The summed E-state index contributed by atoms with van der Waals surface area (Å²) >= 11 is 0. The second-order valence-electron chi connectivity index (χ2n) is 7.09. The molecule has 1 radical (unpaired) electrons. The van der Waals surface area contributed by atoms with Crippen molar-refractivity contribution in [2.45, 2.75) is 52.6 Å². The van der Waals surface area contributed by atoms with Gasteiger partial charge in [-0.1, -0.05) is 31.2 Å². The summed E-state index contributed by atoms with van der Waals surface area (Å²) in [5.74, 6) is 0. The van der Waals surface area contributed by atoms with E-state index in [1.54, 1.807) is 20.8 Å². The summed E-state index contributed by atoms with van der Waals surface area (Å²) < 4.78 is 0. The van der Waals surface area contributed by atoms with E-state index in [1.807, 2.05) is 24.5 Å². The van der Waals surface area contributed by atoms with Gasteiger partial charge >= 0.3 is 6.09 Å². The maximum atomic E-state index is 11.7. The van der Waals surface area contributed by atoms with E-state index >= 15 is 0 Å². The van der Waals surface area contributed by atoms with Crippen LogP contribution in [0.4, 0.5) is 4.79 Å². The van der Waals surface area contributed by atoms with Gasteiger partial charge in [0, 0.05) is 5.54 Å². The van der Waals surface area contributed by atoms with Gasteiger partial charge in [0.1, 0.15) is 6.04 Å². The van der Waals surface area contributed by atoms with Crippen molar-refractivity contribution in [3.8, 4) is 0 Å². The molecule has 0 saturated carbocycles. The normalized spacial score (nSPS) is 12.9. The summed E-state index contributed by atoms with van der Waals surface area (Å²) in [6.45, 7) is 9.46. The minimum atomic E-state index is -1.13. The van der Waals surface area contributed by atoms with Crippen LogP contribution in [0.1, 0.15) is 50.4 Å². The molecule has 0 aliphatic carbocycles. The molecule has 1 N–H and O–H groups in total. The Labute approximate surface area is 143 Å². The van der Waals surface area contributed by atoms with Crippen molar-refractivity contribution in [2.75, 3.05) is 0 Å². The van der Waals surface area contributed by atoms with Crippen LogP contribution in [-0.4, -0.2) is 27.9 Å². The molecule has 1 unspecified atom stereocenters. The highest BCUT2D eigenvalue weighted by Crippen LogP contribution is 2.30. The zero-order chi connectivity index (χ0) is 18.1. The van der Waals surface area contributed by atoms with Crippen LogP contribution < -0.4 is 0 Å². The van der Waals surface area contributed by atoms with Crippen molar-refractivity contribution in [3.63, 3.8) is 0 Å². The number of carboxylic acid groups (broad SMARTS) is 1. The lowest BCUT2D eigenvalue weighted by atomic mass is 9.94. The Hall–Kier alpha value is -2.36. The number of aryl methyl sites for hydroxylation is 2. The molecule has 0 spiro atoms. The first-order valence-electron chi connectivity index (χ1n) is 8.12. The zero-order valence-electron chi connectivity index (χ0n) is 14.9. The average molecular weight is 326 g/mol. The summed E-state index contributed by atoms with van der Waals surface area (Å²) in [5, 5.41) is 11.7. The van der Waals surface area contributed by atoms with Crippen molar-refractivity contribution in [2.24, 2.45) is 0 Å². The quantitative estimate of drug-likeness (QED) is 0.890. The van der Waals surface area contributed by atoms with Gasteiger partial charge in [-0.25, -0.2) is 4.79 Å². The summed E-state index contributed by atoms with van der Waals surface area (Å²) in [5.41, 5.74) is 2.33. The molecule has 1 amide bonds. The topological polar surface area (TPSA) is 57.6 Å². The van der Waals surface area contributed by atoms with Crippen LogP contribution in [0.3, 0.4) is 0 Å². The van der Waals surface area contributed by atoms with E-state index in [0.29, 0.717) is 5.56 Å². The van der Waals surface area contributed by atoms with Crippen molar-refractivity contribution >= 4 is 23.2 Å².